The molecule has 0 nitrogen and oxygen atoms in total. The van der Waals surface area contributed by atoms with E-state index >= 15 is 0 Å². The smallest absolute Gasteiger partial charge is 0.00134 e. The first-order valence-electron chi connectivity index (χ1n) is 8.58. The minimum absolute atomic E-state index is 1.12. The van der Waals surface area contributed by atoms with Crippen LogP contribution in [-0.4, -0.2) is 0 Å². The summed E-state index contributed by atoms with van der Waals surface area (Å²) in [6, 6.07) is 16.0. The summed E-state index contributed by atoms with van der Waals surface area (Å²) in [6.07, 6.45) is 10.7. The van der Waals surface area contributed by atoms with Gasteiger partial charge in [-0.2, -0.15) is 0 Å². The van der Waals surface area contributed by atoms with Crippen LogP contribution < -0.4 is 0 Å². The van der Waals surface area contributed by atoms with E-state index < -0.39 is 0 Å². The SMILES string of the molecule is CCCCCCCCc1ccc2c(c1)Cc1ccccc1-2. The summed E-state index contributed by atoms with van der Waals surface area (Å²) in [5, 5.41) is 0. The third kappa shape index (κ3) is 3.37. The van der Waals surface area contributed by atoms with Crippen LogP contribution in [0.15, 0.2) is 42.5 Å². The van der Waals surface area contributed by atoms with E-state index in [1.165, 1.54) is 72.8 Å². The Kier molecular flexibility index (Phi) is 4.75. The van der Waals surface area contributed by atoms with E-state index in [0.29, 0.717) is 0 Å². The largest absolute Gasteiger partial charge is 0.0654 e. The van der Waals surface area contributed by atoms with E-state index in [1.54, 1.807) is 0 Å². The van der Waals surface area contributed by atoms with Crippen molar-refractivity contribution in [3.63, 3.8) is 0 Å². The number of benzene rings is 2. The summed E-state index contributed by atoms with van der Waals surface area (Å²) in [5.41, 5.74) is 7.44. The van der Waals surface area contributed by atoms with Gasteiger partial charge in [-0.1, -0.05) is 81.5 Å². The van der Waals surface area contributed by atoms with Gasteiger partial charge in [-0.3, -0.25) is 0 Å². The standard InChI is InChI=1S/C21H26/c1-2-3-4-5-6-7-10-17-13-14-21-19(15-17)16-18-11-8-9-12-20(18)21/h8-9,11-15H,2-7,10,16H2,1H3. The number of aryl methyl sites for hydroxylation is 1. The average Bonchev–Trinajstić information content (AvgIpc) is 2.88. The van der Waals surface area contributed by atoms with Crippen molar-refractivity contribution in [2.24, 2.45) is 0 Å². The fraction of sp³-hybridized carbons (Fsp3) is 0.429. The van der Waals surface area contributed by atoms with Crippen molar-refractivity contribution in [3.8, 4) is 11.1 Å². The maximum absolute atomic E-state index is 2.45. The van der Waals surface area contributed by atoms with Crippen LogP contribution in [-0.2, 0) is 12.8 Å². The maximum atomic E-state index is 2.45. The number of hydrogen-bond donors (Lipinski definition) is 0. The van der Waals surface area contributed by atoms with Gasteiger partial charge in [-0.25, -0.2) is 0 Å². The number of fused-ring (bicyclic) bond motifs is 3. The number of rotatable bonds is 7. The summed E-state index contributed by atoms with van der Waals surface area (Å²) in [6.45, 7) is 2.28. The van der Waals surface area contributed by atoms with E-state index in [0.717, 1.165) is 6.42 Å². The Morgan fingerprint density at radius 1 is 0.762 bits per heavy atom. The Balaban J connectivity index is 1.57. The Labute approximate surface area is 129 Å². The van der Waals surface area contributed by atoms with Gasteiger partial charge >= 0.3 is 0 Å². The molecule has 0 heteroatoms. The van der Waals surface area contributed by atoms with Crippen molar-refractivity contribution in [2.75, 3.05) is 0 Å². The van der Waals surface area contributed by atoms with Gasteiger partial charge in [0.15, 0.2) is 0 Å². The highest BCUT2D eigenvalue weighted by atomic mass is 14.2. The Hall–Kier alpha value is -1.56. The van der Waals surface area contributed by atoms with Gasteiger partial charge in [0.25, 0.3) is 0 Å². The highest BCUT2D eigenvalue weighted by Gasteiger charge is 2.17. The van der Waals surface area contributed by atoms with Gasteiger partial charge in [-0.05, 0) is 47.1 Å². The van der Waals surface area contributed by atoms with Crippen molar-refractivity contribution in [1.82, 2.24) is 0 Å². The molecule has 2 aromatic carbocycles. The van der Waals surface area contributed by atoms with E-state index in [4.69, 9.17) is 0 Å². The van der Waals surface area contributed by atoms with Gasteiger partial charge < -0.3 is 0 Å². The summed E-state index contributed by atoms with van der Waals surface area (Å²) in [5.74, 6) is 0. The molecule has 0 unspecified atom stereocenters. The highest BCUT2D eigenvalue weighted by molar-refractivity contribution is 5.76. The lowest BCUT2D eigenvalue weighted by Crippen LogP contribution is -1.89. The van der Waals surface area contributed by atoms with E-state index in [9.17, 15) is 0 Å². The fourth-order valence-electron chi connectivity index (χ4n) is 3.46. The number of hydrogen-bond acceptors (Lipinski definition) is 0. The fourth-order valence-corrected chi connectivity index (χ4v) is 3.46. The molecule has 0 heterocycles. The highest BCUT2D eigenvalue weighted by Crippen LogP contribution is 2.36. The molecule has 0 amide bonds. The predicted octanol–water partition coefficient (Wildman–Crippen LogP) is 6.16. The van der Waals surface area contributed by atoms with Crippen LogP contribution in [0.3, 0.4) is 0 Å². The lowest BCUT2D eigenvalue weighted by Gasteiger charge is -2.06. The van der Waals surface area contributed by atoms with Crippen LogP contribution in [0, 0.1) is 0 Å². The summed E-state index contributed by atoms with van der Waals surface area (Å²) in [4.78, 5) is 0. The molecular formula is C21H26. The summed E-state index contributed by atoms with van der Waals surface area (Å²) >= 11 is 0. The third-order valence-corrected chi connectivity index (χ3v) is 4.68. The second-order valence-corrected chi connectivity index (χ2v) is 6.34. The Morgan fingerprint density at radius 3 is 2.43 bits per heavy atom. The Bertz CT molecular complexity index is 595. The molecule has 0 radical (unpaired) electrons. The van der Waals surface area contributed by atoms with Crippen LogP contribution in [0.5, 0.6) is 0 Å². The molecule has 0 N–H and O–H groups in total. The van der Waals surface area contributed by atoms with Crippen LogP contribution in [0.4, 0.5) is 0 Å². The molecule has 0 fully saturated rings. The van der Waals surface area contributed by atoms with Crippen molar-refractivity contribution in [3.05, 3.63) is 59.2 Å². The molecule has 0 saturated heterocycles. The molecule has 21 heavy (non-hydrogen) atoms. The minimum atomic E-state index is 1.12. The number of unbranched alkanes of at least 4 members (excludes halogenated alkanes) is 5. The van der Waals surface area contributed by atoms with Crippen molar-refractivity contribution >= 4 is 0 Å². The molecule has 3 rings (SSSR count). The monoisotopic (exact) mass is 278 g/mol. The van der Waals surface area contributed by atoms with Crippen LogP contribution in [0.1, 0.15) is 62.1 Å². The van der Waals surface area contributed by atoms with E-state index in [1.807, 2.05) is 0 Å². The molecule has 0 saturated carbocycles. The average molecular weight is 278 g/mol. The topological polar surface area (TPSA) is 0 Å². The first kappa shape index (κ1) is 14.4. The molecule has 110 valence electrons. The van der Waals surface area contributed by atoms with Crippen molar-refractivity contribution in [1.29, 1.82) is 0 Å². The summed E-state index contributed by atoms with van der Waals surface area (Å²) in [7, 11) is 0. The van der Waals surface area contributed by atoms with Gasteiger partial charge in [0.1, 0.15) is 0 Å². The predicted molar refractivity (Wildman–Crippen MR) is 91.8 cm³/mol. The molecule has 1 aliphatic rings. The van der Waals surface area contributed by atoms with Crippen LogP contribution in [0.2, 0.25) is 0 Å². The van der Waals surface area contributed by atoms with Gasteiger partial charge in [0.05, 0.1) is 0 Å². The molecule has 0 aliphatic heterocycles. The molecule has 2 aromatic rings. The zero-order valence-corrected chi connectivity index (χ0v) is 13.2. The van der Waals surface area contributed by atoms with E-state index in [2.05, 4.69) is 49.4 Å². The molecule has 0 spiro atoms. The minimum Gasteiger partial charge on any atom is -0.0654 e. The zero-order valence-electron chi connectivity index (χ0n) is 13.2. The zero-order chi connectivity index (χ0) is 14.5. The van der Waals surface area contributed by atoms with E-state index in [-0.39, 0.29) is 0 Å². The quantitative estimate of drug-likeness (QED) is 0.454. The van der Waals surface area contributed by atoms with Gasteiger partial charge in [-0.15, -0.1) is 0 Å². The van der Waals surface area contributed by atoms with Crippen molar-refractivity contribution in [2.45, 2.75) is 58.3 Å². The van der Waals surface area contributed by atoms with Crippen LogP contribution >= 0.6 is 0 Å². The normalized spacial score (nSPS) is 12.2. The van der Waals surface area contributed by atoms with Crippen LogP contribution in [0.25, 0.3) is 11.1 Å². The maximum Gasteiger partial charge on any atom is -0.00134 e. The Morgan fingerprint density at radius 2 is 1.52 bits per heavy atom. The van der Waals surface area contributed by atoms with Gasteiger partial charge in [0, 0.05) is 0 Å². The molecule has 0 atom stereocenters. The van der Waals surface area contributed by atoms with Crippen molar-refractivity contribution < 1.29 is 0 Å². The lowest BCUT2D eigenvalue weighted by atomic mass is 10.00. The molecule has 0 aromatic heterocycles. The molecule has 0 bridgehead atoms. The lowest BCUT2D eigenvalue weighted by molar-refractivity contribution is 0.607. The summed E-state index contributed by atoms with van der Waals surface area (Å²) < 4.78 is 0. The second-order valence-electron chi connectivity index (χ2n) is 6.34. The second kappa shape index (κ2) is 6.93. The third-order valence-electron chi connectivity index (χ3n) is 4.68. The first-order chi connectivity index (χ1) is 10.4. The first-order valence-corrected chi connectivity index (χ1v) is 8.58. The molecule has 1 aliphatic carbocycles. The van der Waals surface area contributed by atoms with Gasteiger partial charge in [0.2, 0.25) is 0 Å². The molecular weight excluding hydrogens is 252 g/mol.